The molecule has 1 saturated heterocycles. The molecule has 1 aromatic rings. The summed E-state index contributed by atoms with van der Waals surface area (Å²) in [6.45, 7) is 6.16. The van der Waals surface area contributed by atoms with Crippen molar-refractivity contribution < 1.29 is 4.74 Å². The second kappa shape index (κ2) is 5.30. The smallest absolute Gasteiger partial charge is 0.0950 e. The monoisotopic (exact) mass is 283 g/mol. The Labute approximate surface area is 106 Å². The van der Waals surface area contributed by atoms with Crippen molar-refractivity contribution in [2.75, 3.05) is 13.2 Å². The summed E-state index contributed by atoms with van der Waals surface area (Å²) in [5, 5.41) is 3.54. The third-order valence-electron chi connectivity index (χ3n) is 3.09. The number of hydrogen-bond donors (Lipinski definition) is 1. The van der Waals surface area contributed by atoms with E-state index >= 15 is 0 Å². The van der Waals surface area contributed by atoms with Crippen LogP contribution in [0.1, 0.15) is 25.5 Å². The van der Waals surface area contributed by atoms with Gasteiger partial charge in [-0.15, -0.1) is 0 Å². The standard InChI is InChI=1S/C13H18BrNO/c1-9(2)12-8-16-13(7-15-12)10-3-5-11(14)6-4-10/h3-6,9,12-13,15H,7-8H2,1-2H3. The predicted molar refractivity (Wildman–Crippen MR) is 69.5 cm³/mol. The summed E-state index contributed by atoms with van der Waals surface area (Å²) in [5.41, 5.74) is 1.25. The fourth-order valence-electron chi connectivity index (χ4n) is 1.92. The van der Waals surface area contributed by atoms with Crippen LogP contribution in [-0.4, -0.2) is 19.2 Å². The van der Waals surface area contributed by atoms with Crippen LogP contribution in [0.5, 0.6) is 0 Å². The molecule has 2 unspecified atom stereocenters. The molecule has 1 heterocycles. The van der Waals surface area contributed by atoms with Gasteiger partial charge in [-0.25, -0.2) is 0 Å². The fraction of sp³-hybridized carbons (Fsp3) is 0.538. The summed E-state index contributed by atoms with van der Waals surface area (Å²) in [6.07, 6.45) is 0.197. The molecule has 1 N–H and O–H groups in total. The normalized spacial score (nSPS) is 26.0. The molecule has 0 amide bonds. The SMILES string of the molecule is CC(C)C1COC(c2ccc(Br)cc2)CN1. The minimum absolute atomic E-state index is 0.197. The van der Waals surface area contributed by atoms with Gasteiger partial charge in [0.1, 0.15) is 0 Å². The van der Waals surface area contributed by atoms with Gasteiger partial charge in [0.25, 0.3) is 0 Å². The lowest BCUT2D eigenvalue weighted by Gasteiger charge is -2.32. The molecule has 0 radical (unpaired) electrons. The summed E-state index contributed by atoms with van der Waals surface area (Å²) >= 11 is 3.44. The van der Waals surface area contributed by atoms with Crippen LogP contribution in [-0.2, 0) is 4.74 Å². The Kier molecular flexibility index (Phi) is 4.00. The number of nitrogens with one attached hydrogen (secondary N) is 1. The van der Waals surface area contributed by atoms with Crippen LogP contribution in [0.2, 0.25) is 0 Å². The highest BCUT2D eigenvalue weighted by molar-refractivity contribution is 9.10. The van der Waals surface area contributed by atoms with Gasteiger partial charge in [0.05, 0.1) is 12.7 Å². The van der Waals surface area contributed by atoms with Gasteiger partial charge in [-0.3, -0.25) is 0 Å². The van der Waals surface area contributed by atoms with Crippen LogP contribution in [0.4, 0.5) is 0 Å². The molecular weight excluding hydrogens is 266 g/mol. The third-order valence-corrected chi connectivity index (χ3v) is 3.62. The van der Waals surface area contributed by atoms with E-state index in [1.807, 2.05) is 0 Å². The first-order valence-electron chi connectivity index (χ1n) is 5.77. The molecule has 0 bridgehead atoms. The van der Waals surface area contributed by atoms with Gasteiger partial charge in [-0.2, -0.15) is 0 Å². The zero-order valence-corrected chi connectivity index (χ0v) is 11.3. The quantitative estimate of drug-likeness (QED) is 0.901. The lowest BCUT2D eigenvalue weighted by Crippen LogP contribution is -2.45. The molecule has 2 nitrogen and oxygen atoms in total. The number of morpholine rings is 1. The van der Waals surface area contributed by atoms with Gasteiger partial charge in [0.15, 0.2) is 0 Å². The second-order valence-electron chi connectivity index (χ2n) is 4.63. The summed E-state index contributed by atoms with van der Waals surface area (Å²) < 4.78 is 7.01. The minimum Gasteiger partial charge on any atom is -0.371 e. The summed E-state index contributed by atoms with van der Waals surface area (Å²) in [4.78, 5) is 0. The van der Waals surface area contributed by atoms with E-state index in [0.29, 0.717) is 12.0 Å². The van der Waals surface area contributed by atoms with Gasteiger partial charge >= 0.3 is 0 Å². The molecule has 2 rings (SSSR count). The Balaban J connectivity index is 1.96. The Hall–Kier alpha value is -0.380. The lowest BCUT2D eigenvalue weighted by molar-refractivity contribution is -0.00711. The van der Waals surface area contributed by atoms with Crippen molar-refractivity contribution in [3.8, 4) is 0 Å². The topological polar surface area (TPSA) is 21.3 Å². The van der Waals surface area contributed by atoms with Crippen LogP contribution in [0.25, 0.3) is 0 Å². The molecule has 88 valence electrons. The zero-order chi connectivity index (χ0) is 11.5. The summed E-state index contributed by atoms with van der Waals surface area (Å²) in [5.74, 6) is 0.630. The molecule has 16 heavy (non-hydrogen) atoms. The molecule has 1 aliphatic rings. The van der Waals surface area contributed by atoms with E-state index in [-0.39, 0.29) is 6.10 Å². The second-order valence-corrected chi connectivity index (χ2v) is 5.55. The van der Waals surface area contributed by atoms with Crippen molar-refractivity contribution in [3.05, 3.63) is 34.3 Å². The highest BCUT2D eigenvalue weighted by Gasteiger charge is 2.23. The van der Waals surface area contributed by atoms with Crippen molar-refractivity contribution in [1.29, 1.82) is 0 Å². The zero-order valence-electron chi connectivity index (χ0n) is 9.74. The van der Waals surface area contributed by atoms with E-state index in [9.17, 15) is 0 Å². The maximum Gasteiger partial charge on any atom is 0.0950 e. The maximum absolute atomic E-state index is 5.90. The first-order chi connectivity index (χ1) is 7.66. The molecule has 1 aromatic carbocycles. The first kappa shape index (κ1) is 12.1. The fourth-order valence-corrected chi connectivity index (χ4v) is 2.18. The number of ether oxygens (including phenoxy) is 1. The highest BCUT2D eigenvalue weighted by atomic mass is 79.9. The molecule has 1 aliphatic heterocycles. The van der Waals surface area contributed by atoms with E-state index in [1.54, 1.807) is 0 Å². The Morgan fingerprint density at radius 3 is 2.50 bits per heavy atom. The Morgan fingerprint density at radius 2 is 2.00 bits per heavy atom. The molecule has 0 spiro atoms. The molecule has 0 aliphatic carbocycles. The van der Waals surface area contributed by atoms with E-state index in [0.717, 1.165) is 17.6 Å². The predicted octanol–water partition coefficient (Wildman–Crippen LogP) is 3.13. The molecule has 0 saturated carbocycles. The van der Waals surface area contributed by atoms with Crippen LogP contribution in [0, 0.1) is 5.92 Å². The van der Waals surface area contributed by atoms with Crippen molar-refractivity contribution in [1.82, 2.24) is 5.32 Å². The molecule has 0 aromatic heterocycles. The average molecular weight is 284 g/mol. The average Bonchev–Trinajstić information content (AvgIpc) is 2.30. The summed E-state index contributed by atoms with van der Waals surface area (Å²) in [6, 6.07) is 8.85. The Morgan fingerprint density at radius 1 is 1.31 bits per heavy atom. The highest BCUT2D eigenvalue weighted by Crippen LogP contribution is 2.23. The van der Waals surface area contributed by atoms with E-state index in [2.05, 4.69) is 59.4 Å². The van der Waals surface area contributed by atoms with Crippen molar-refractivity contribution in [3.63, 3.8) is 0 Å². The first-order valence-corrected chi connectivity index (χ1v) is 6.56. The van der Waals surface area contributed by atoms with Crippen molar-refractivity contribution >= 4 is 15.9 Å². The van der Waals surface area contributed by atoms with Gasteiger partial charge in [0.2, 0.25) is 0 Å². The van der Waals surface area contributed by atoms with Crippen LogP contribution in [0.15, 0.2) is 28.7 Å². The van der Waals surface area contributed by atoms with E-state index in [4.69, 9.17) is 4.74 Å². The van der Waals surface area contributed by atoms with E-state index in [1.165, 1.54) is 5.56 Å². The van der Waals surface area contributed by atoms with Crippen LogP contribution in [0.3, 0.4) is 0 Å². The number of hydrogen-bond acceptors (Lipinski definition) is 2. The number of rotatable bonds is 2. The molecular formula is C13H18BrNO. The Bertz CT molecular complexity index is 328. The maximum atomic E-state index is 5.90. The summed E-state index contributed by atoms with van der Waals surface area (Å²) in [7, 11) is 0. The van der Waals surface area contributed by atoms with E-state index < -0.39 is 0 Å². The van der Waals surface area contributed by atoms with Gasteiger partial charge in [-0.05, 0) is 23.6 Å². The molecule has 3 heteroatoms. The van der Waals surface area contributed by atoms with Gasteiger partial charge in [-0.1, -0.05) is 41.9 Å². The van der Waals surface area contributed by atoms with Crippen molar-refractivity contribution in [2.24, 2.45) is 5.92 Å². The number of halogens is 1. The minimum atomic E-state index is 0.197. The largest absolute Gasteiger partial charge is 0.371 e. The van der Waals surface area contributed by atoms with Gasteiger partial charge < -0.3 is 10.1 Å². The van der Waals surface area contributed by atoms with Crippen molar-refractivity contribution in [2.45, 2.75) is 26.0 Å². The molecule has 2 atom stereocenters. The lowest BCUT2D eigenvalue weighted by atomic mass is 10.0. The molecule has 1 fully saturated rings. The number of benzene rings is 1. The van der Waals surface area contributed by atoms with Gasteiger partial charge in [0, 0.05) is 17.1 Å². The third kappa shape index (κ3) is 2.84. The van der Waals surface area contributed by atoms with Crippen LogP contribution < -0.4 is 5.32 Å². The van der Waals surface area contributed by atoms with Crippen LogP contribution >= 0.6 is 15.9 Å².